The topological polar surface area (TPSA) is 110 Å². The van der Waals surface area contributed by atoms with Crippen LogP contribution in [-0.2, 0) is 0 Å². The molecule has 1 aliphatic rings. The molecule has 1 amide bonds. The Bertz CT molecular complexity index is 1190. The number of thiophene rings is 1. The molecule has 0 spiro atoms. The fraction of sp³-hybridized carbons (Fsp3) is 0.263. The fourth-order valence-electron chi connectivity index (χ4n) is 3.38. The van der Waals surface area contributed by atoms with E-state index in [2.05, 4.69) is 20.5 Å². The molecule has 0 unspecified atom stereocenters. The number of rotatable bonds is 3. The van der Waals surface area contributed by atoms with Crippen LogP contribution in [0.3, 0.4) is 0 Å². The number of para-hydroxylation sites is 2. The third-order valence-corrected chi connectivity index (χ3v) is 6.20. The summed E-state index contributed by atoms with van der Waals surface area (Å²) in [6, 6.07) is 8.24. The van der Waals surface area contributed by atoms with Crippen molar-refractivity contribution in [1.82, 2.24) is 20.5 Å². The first-order chi connectivity index (χ1) is 13.5. The second-order valence-electron chi connectivity index (χ2n) is 6.97. The number of amides is 1. The molecule has 4 aromatic rings. The first-order valence-corrected chi connectivity index (χ1v) is 9.76. The summed E-state index contributed by atoms with van der Waals surface area (Å²) in [5.41, 5.74) is 10.1. The first kappa shape index (κ1) is 16.9. The molecular formula is C19H18N6O2S. The molecule has 142 valence electrons. The van der Waals surface area contributed by atoms with E-state index in [1.165, 1.54) is 11.3 Å². The lowest BCUT2D eigenvalue weighted by Crippen LogP contribution is -2.59. The first-order valence-electron chi connectivity index (χ1n) is 8.94. The van der Waals surface area contributed by atoms with Crippen molar-refractivity contribution >= 4 is 50.3 Å². The molecule has 9 heteroatoms. The Morgan fingerprint density at radius 1 is 1.29 bits per heavy atom. The van der Waals surface area contributed by atoms with Gasteiger partial charge in [-0.15, -0.1) is 16.4 Å². The molecule has 0 atom stereocenters. The highest BCUT2D eigenvalue weighted by molar-refractivity contribution is 7.21. The number of nitrogens with one attached hydrogen (secondary N) is 1. The van der Waals surface area contributed by atoms with Gasteiger partial charge in [0.1, 0.15) is 15.2 Å². The Labute approximate surface area is 164 Å². The van der Waals surface area contributed by atoms with Crippen LogP contribution in [0.4, 0.5) is 11.7 Å². The zero-order valence-corrected chi connectivity index (χ0v) is 16.2. The molecule has 28 heavy (non-hydrogen) atoms. The minimum atomic E-state index is -0.181. The van der Waals surface area contributed by atoms with E-state index >= 15 is 0 Å². The SMILES string of the molecule is Cc1nnc2sc(C(=O)NC3CN(c4nc5ccccc5o4)C3)c(N)c2c1C. The van der Waals surface area contributed by atoms with Gasteiger partial charge in [-0.05, 0) is 31.5 Å². The van der Waals surface area contributed by atoms with E-state index in [-0.39, 0.29) is 11.9 Å². The molecule has 4 heterocycles. The van der Waals surface area contributed by atoms with E-state index in [1.807, 2.05) is 43.0 Å². The minimum absolute atomic E-state index is 0.0149. The van der Waals surface area contributed by atoms with E-state index in [4.69, 9.17) is 10.2 Å². The van der Waals surface area contributed by atoms with Crippen LogP contribution in [0, 0.1) is 13.8 Å². The Morgan fingerprint density at radius 3 is 2.86 bits per heavy atom. The molecular weight excluding hydrogens is 376 g/mol. The number of nitrogens with two attached hydrogens (primary N) is 1. The molecule has 0 bridgehead atoms. The van der Waals surface area contributed by atoms with Gasteiger partial charge in [0, 0.05) is 18.5 Å². The standard InChI is InChI=1S/C19H18N6O2S/c1-9-10(2)23-24-18-14(9)15(20)16(28-18)17(26)21-11-7-25(8-11)19-22-12-5-3-4-6-13(12)27-19/h3-6,11H,7-8,20H2,1-2H3,(H,21,26). The van der Waals surface area contributed by atoms with Crippen LogP contribution in [0.1, 0.15) is 20.9 Å². The third kappa shape index (κ3) is 2.58. The van der Waals surface area contributed by atoms with Crippen LogP contribution in [0.2, 0.25) is 0 Å². The van der Waals surface area contributed by atoms with Gasteiger partial charge in [-0.2, -0.15) is 10.1 Å². The lowest BCUT2D eigenvalue weighted by Gasteiger charge is -2.38. The maximum absolute atomic E-state index is 12.7. The zero-order chi connectivity index (χ0) is 19.4. The average molecular weight is 394 g/mol. The van der Waals surface area contributed by atoms with Crippen LogP contribution < -0.4 is 16.0 Å². The molecule has 1 saturated heterocycles. The highest BCUT2D eigenvalue weighted by atomic mass is 32.1. The Balaban J connectivity index is 1.30. The van der Waals surface area contributed by atoms with Gasteiger partial charge in [-0.1, -0.05) is 12.1 Å². The van der Waals surface area contributed by atoms with Crippen molar-refractivity contribution in [3.63, 3.8) is 0 Å². The maximum Gasteiger partial charge on any atom is 0.298 e. The molecule has 1 aromatic carbocycles. The number of carbonyl (C=O) groups excluding carboxylic acids is 1. The number of hydrogen-bond donors (Lipinski definition) is 2. The van der Waals surface area contributed by atoms with E-state index in [1.54, 1.807) is 0 Å². The summed E-state index contributed by atoms with van der Waals surface area (Å²) in [6.07, 6.45) is 0. The number of aromatic nitrogens is 3. The number of hydrogen-bond acceptors (Lipinski definition) is 8. The lowest BCUT2D eigenvalue weighted by atomic mass is 10.1. The van der Waals surface area contributed by atoms with Gasteiger partial charge in [-0.3, -0.25) is 4.79 Å². The Kier molecular flexibility index (Phi) is 3.73. The molecule has 1 fully saturated rings. The van der Waals surface area contributed by atoms with E-state index in [9.17, 15) is 4.79 Å². The van der Waals surface area contributed by atoms with Crippen LogP contribution in [-0.4, -0.2) is 40.2 Å². The smallest absolute Gasteiger partial charge is 0.298 e. The highest BCUT2D eigenvalue weighted by Crippen LogP contribution is 2.35. The second kappa shape index (κ2) is 6.16. The lowest BCUT2D eigenvalue weighted by molar-refractivity contribution is 0.0934. The van der Waals surface area contributed by atoms with Crippen molar-refractivity contribution in [3.8, 4) is 0 Å². The summed E-state index contributed by atoms with van der Waals surface area (Å²) >= 11 is 1.28. The number of oxazole rings is 1. The van der Waals surface area contributed by atoms with Gasteiger partial charge in [0.2, 0.25) is 0 Å². The van der Waals surface area contributed by atoms with Crippen molar-refractivity contribution in [3.05, 3.63) is 40.4 Å². The minimum Gasteiger partial charge on any atom is -0.423 e. The number of anilines is 2. The van der Waals surface area contributed by atoms with Crippen molar-refractivity contribution in [1.29, 1.82) is 0 Å². The molecule has 0 saturated carbocycles. The monoisotopic (exact) mass is 394 g/mol. The molecule has 3 N–H and O–H groups in total. The number of nitrogens with zero attached hydrogens (tertiary/aromatic N) is 4. The van der Waals surface area contributed by atoms with Gasteiger partial charge >= 0.3 is 0 Å². The third-order valence-electron chi connectivity index (χ3n) is 5.11. The summed E-state index contributed by atoms with van der Waals surface area (Å²) in [5.74, 6) is -0.181. The fourth-order valence-corrected chi connectivity index (χ4v) is 4.39. The second-order valence-corrected chi connectivity index (χ2v) is 7.97. The van der Waals surface area contributed by atoms with Gasteiger partial charge < -0.3 is 20.4 Å². The zero-order valence-electron chi connectivity index (χ0n) is 15.4. The molecule has 0 radical (unpaired) electrons. The summed E-state index contributed by atoms with van der Waals surface area (Å²) in [4.78, 5) is 20.4. The average Bonchev–Trinajstić information content (AvgIpc) is 3.22. The van der Waals surface area contributed by atoms with Gasteiger partial charge in [-0.25, -0.2) is 0 Å². The largest absolute Gasteiger partial charge is 0.423 e. The number of fused-ring (bicyclic) bond motifs is 2. The number of benzene rings is 1. The van der Waals surface area contributed by atoms with Gasteiger partial charge in [0.15, 0.2) is 5.58 Å². The Morgan fingerprint density at radius 2 is 2.07 bits per heavy atom. The van der Waals surface area contributed by atoms with E-state index < -0.39 is 0 Å². The number of nitrogen functional groups attached to an aromatic ring is 1. The summed E-state index contributed by atoms with van der Waals surface area (Å²) in [7, 11) is 0. The molecule has 0 aliphatic carbocycles. The summed E-state index contributed by atoms with van der Waals surface area (Å²) in [6.45, 7) is 5.11. The van der Waals surface area contributed by atoms with Gasteiger partial charge in [0.25, 0.3) is 11.9 Å². The van der Waals surface area contributed by atoms with Gasteiger partial charge in [0.05, 0.1) is 17.4 Å². The molecule has 1 aliphatic heterocycles. The predicted octanol–water partition coefficient (Wildman–Crippen LogP) is 2.65. The van der Waals surface area contributed by atoms with E-state index in [0.717, 1.165) is 27.7 Å². The van der Waals surface area contributed by atoms with Crippen LogP contribution in [0.15, 0.2) is 28.7 Å². The van der Waals surface area contributed by atoms with Crippen molar-refractivity contribution in [2.75, 3.05) is 23.7 Å². The highest BCUT2D eigenvalue weighted by Gasteiger charge is 2.32. The van der Waals surface area contributed by atoms with Crippen molar-refractivity contribution in [2.24, 2.45) is 0 Å². The molecule has 5 rings (SSSR count). The van der Waals surface area contributed by atoms with Crippen LogP contribution in [0.5, 0.6) is 0 Å². The van der Waals surface area contributed by atoms with Crippen molar-refractivity contribution in [2.45, 2.75) is 19.9 Å². The quantitative estimate of drug-likeness (QED) is 0.549. The van der Waals surface area contributed by atoms with E-state index in [0.29, 0.717) is 34.5 Å². The Hall–Kier alpha value is -3.20. The predicted molar refractivity (Wildman–Crippen MR) is 109 cm³/mol. The molecule has 3 aromatic heterocycles. The normalized spacial score (nSPS) is 14.6. The molecule has 8 nitrogen and oxygen atoms in total. The van der Waals surface area contributed by atoms with Crippen LogP contribution in [0.25, 0.3) is 21.3 Å². The number of carbonyl (C=O) groups is 1. The number of aryl methyl sites for hydroxylation is 2. The van der Waals surface area contributed by atoms with Crippen molar-refractivity contribution < 1.29 is 9.21 Å². The summed E-state index contributed by atoms with van der Waals surface area (Å²) in [5, 5.41) is 12.1. The van der Waals surface area contributed by atoms with Crippen LogP contribution >= 0.6 is 11.3 Å². The maximum atomic E-state index is 12.7. The summed E-state index contributed by atoms with van der Waals surface area (Å²) < 4.78 is 5.76.